The number of para-hydroxylation sites is 1. The second-order valence-corrected chi connectivity index (χ2v) is 5.52. The van der Waals surface area contributed by atoms with Gasteiger partial charge in [-0.2, -0.15) is 8.42 Å². The number of H-pyrrole nitrogens is 1. The molecule has 1 heterocycles. The first kappa shape index (κ1) is 12.6. The number of benzene rings is 1. The summed E-state index contributed by atoms with van der Waals surface area (Å²) in [5.41, 5.74) is 0.458. The number of imidazole rings is 1. The SMILES string of the molecule is Cc1ncc(S(=O)(=O)Nc2c(C)cccc2F)[nH]1. The Labute approximate surface area is 104 Å². The van der Waals surface area contributed by atoms with Crippen LogP contribution >= 0.6 is 0 Å². The fourth-order valence-corrected chi connectivity index (χ4v) is 2.60. The number of aromatic nitrogens is 2. The van der Waals surface area contributed by atoms with E-state index in [0.717, 1.165) is 0 Å². The van der Waals surface area contributed by atoms with Crippen molar-refractivity contribution in [3.63, 3.8) is 0 Å². The van der Waals surface area contributed by atoms with Gasteiger partial charge in [0, 0.05) is 0 Å². The number of nitrogens with zero attached hydrogens (tertiary/aromatic N) is 1. The maximum atomic E-state index is 13.5. The van der Waals surface area contributed by atoms with Gasteiger partial charge in [-0.05, 0) is 25.5 Å². The van der Waals surface area contributed by atoms with Crippen molar-refractivity contribution in [3.8, 4) is 0 Å². The highest BCUT2D eigenvalue weighted by Gasteiger charge is 2.19. The van der Waals surface area contributed by atoms with Crippen molar-refractivity contribution in [3.05, 3.63) is 41.6 Å². The van der Waals surface area contributed by atoms with Crippen LogP contribution in [0.5, 0.6) is 0 Å². The van der Waals surface area contributed by atoms with Crippen LogP contribution in [0.25, 0.3) is 0 Å². The largest absolute Gasteiger partial charge is 0.332 e. The summed E-state index contributed by atoms with van der Waals surface area (Å²) >= 11 is 0. The molecule has 0 saturated carbocycles. The topological polar surface area (TPSA) is 74.8 Å². The number of hydrogen-bond acceptors (Lipinski definition) is 3. The second kappa shape index (κ2) is 4.41. The quantitative estimate of drug-likeness (QED) is 0.894. The Kier molecular flexibility index (Phi) is 3.08. The fourth-order valence-electron chi connectivity index (χ4n) is 1.49. The Bertz CT molecular complexity index is 659. The van der Waals surface area contributed by atoms with Crippen LogP contribution in [0.3, 0.4) is 0 Å². The molecule has 0 aliphatic heterocycles. The van der Waals surface area contributed by atoms with Crippen molar-refractivity contribution in [1.29, 1.82) is 0 Å². The Balaban J connectivity index is 2.40. The van der Waals surface area contributed by atoms with Gasteiger partial charge in [0.1, 0.15) is 11.6 Å². The molecule has 0 saturated heterocycles. The average molecular weight is 269 g/mol. The minimum Gasteiger partial charge on any atom is -0.332 e. The normalized spacial score (nSPS) is 11.5. The van der Waals surface area contributed by atoms with Crippen LogP contribution in [0.2, 0.25) is 0 Å². The fraction of sp³-hybridized carbons (Fsp3) is 0.182. The lowest BCUT2D eigenvalue weighted by molar-refractivity contribution is 0.595. The number of hydrogen-bond donors (Lipinski definition) is 2. The van der Waals surface area contributed by atoms with E-state index in [2.05, 4.69) is 14.7 Å². The van der Waals surface area contributed by atoms with Crippen LogP contribution < -0.4 is 4.72 Å². The van der Waals surface area contributed by atoms with Crippen LogP contribution in [0.4, 0.5) is 10.1 Å². The van der Waals surface area contributed by atoms with Gasteiger partial charge in [-0.15, -0.1) is 0 Å². The summed E-state index contributed by atoms with van der Waals surface area (Å²) in [5, 5.41) is -0.0948. The van der Waals surface area contributed by atoms with E-state index in [4.69, 9.17) is 0 Å². The zero-order valence-electron chi connectivity index (χ0n) is 9.86. The molecule has 0 spiro atoms. The molecule has 0 unspecified atom stereocenters. The number of aromatic amines is 1. The monoisotopic (exact) mass is 269 g/mol. The number of nitrogens with one attached hydrogen (secondary N) is 2. The third kappa shape index (κ3) is 2.35. The lowest BCUT2D eigenvalue weighted by atomic mass is 10.2. The minimum atomic E-state index is -3.85. The van der Waals surface area contributed by atoms with Gasteiger partial charge < -0.3 is 4.98 Å². The Morgan fingerprint density at radius 1 is 1.33 bits per heavy atom. The standard InChI is InChI=1S/C11H12FN3O2S/c1-7-4-3-5-9(12)11(7)15-18(16,17)10-6-13-8(2)14-10/h3-6,15H,1-2H3,(H,13,14). The lowest BCUT2D eigenvalue weighted by Gasteiger charge is -2.09. The van der Waals surface area contributed by atoms with Gasteiger partial charge in [-0.3, -0.25) is 4.72 Å². The molecule has 0 amide bonds. The highest BCUT2D eigenvalue weighted by Crippen LogP contribution is 2.22. The first-order valence-corrected chi connectivity index (χ1v) is 6.68. The van der Waals surface area contributed by atoms with Gasteiger partial charge >= 0.3 is 0 Å². The van der Waals surface area contributed by atoms with Crippen molar-refractivity contribution in [2.75, 3.05) is 4.72 Å². The molecule has 1 aromatic carbocycles. The first-order valence-electron chi connectivity index (χ1n) is 5.20. The summed E-state index contributed by atoms with van der Waals surface area (Å²) in [4.78, 5) is 6.39. The average Bonchev–Trinajstić information content (AvgIpc) is 2.71. The number of halogens is 1. The molecule has 0 aliphatic carbocycles. The summed E-state index contributed by atoms with van der Waals surface area (Å²) in [6.07, 6.45) is 1.19. The molecule has 7 heteroatoms. The Morgan fingerprint density at radius 3 is 2.61 bits per heavy atom. The van der Waals surface area contributed by atoms with Crippen LogP contribution in [0.15, 0.2) is 29.4 Å². The van der Waals surface area contributed by atoms with E-state index in [1.165, 1.54) is 18.3 Å². The van der Waals surface area contributed by atoms with E-state index >= 15 is 0 Å². The van der Waals surface area contributed by atoms with Gasteiger partial charge in [0.05, 0.1) is 11.9 Å². The number of sulfonamides is 1. The third-order valence-electron chi connectivity index (χ3n) is 2.43. The predicted octanol–water partition coefficient (Wildman–Crippen LogP) is 1.97. The molecule has 0 aliphatic rings. The first-order chi connectivity index (χ1) is 8.40. The van der Waals surface area contributed by atoms with Crippen LogP contribution in [-0.2, 0) is 10.0 Å². The minimum absolute atomic E-state index is 0.0512. The second-order valence-electron chi connectivity index (χ2n) is 3.87. The summed E-state index contributed by atoms with van der Waals surface area (Å²) in [6.45, 7) is 3.26. The van der Waals surface area contributed by atoms with Gasteiger partial charge in [-0.1, -0.05) is 12.1 Å². The van der Waals surface area contributed by atoms with Gasteiger partial charge in [-0.25, -0.2) is 9.37 Å². The zero-order chi connectivity index (χ0) is 13.3. The van der Waals surface area contributed by atoms with E-state index in [9.17, 15) is 12.8 Å². The van der Waals surface area contributed by atoms with E-state index in [1.807, 2.05) is 0 Å². The third-order valence-corrected chi connectivity index (χ3v) is 3.69. The summed E-state index contributed by atoms with van der Waals surface area (Å²) in [7, 11) is -3.85. The molecule has 0 fully saturated rings. The van der Waals surface area contributed by atoms with Gasteiger partial charge in [0.2, 0.25) is 0 Å². The Hall–Kier alpha value is -1.89. The van der Waals surface area contributed by atoms with Crippen LogP contribution in [-0.4, -0.2) is 18.4 Å². The van der Waals surface area contributed by atoms with Crippen molar-refractivity contribution >= 4 is 15.7 Å². The summed E-state index contributed by atoms with van der Waals surface area (Å²) in [6, 6.07) is 4.34. The maximum Gasteiger partial charge on any atom is 0.279 e. The smallest absolute Gasteiger partial charge is 0.279 e. The highest BCUT2D eigenvalue weighted by atomic mass is 32.2. The molecule has 1 aromatic heterocycles. The van der Waals surface area contributed by atoms with Gasteiger partial charge in [0.25, 0.3) is 10.0 Å². The number of rotatable bonds is 3. The Morgan fingerprint density at radius 2 is 2.06 bits per heavy atom. The van der Waals surface area contributed by atoms with Crippen LogP contribution in [0.1, 0.15) is 11.4 Å². The predicted molar refractivity (Wildman–Crippen MR) is 65.3 cm³/mol. The highest BCUT2D eigenvalue weighted by molar-refractivity contribution is 7.92. The zero-order valence-corrected chi connectivity index (χ0v) is 10.7. The molecule has 2 aromatic rings. The molecule has 0 atom stereocenters. The molecule has 5 nitrogen and oxygen atoms in total. The van der Waals surface area contributed by atoms with E-state index in [-0.39, 0.29) is 10.7 Å². The molecule has 0 bridgehead atoms. The van der Waals surface area contributed by atoms with Crippen molar-refractivity contribution < 1.29 is 12.8 Å². The molecule has 2 N–H and O–H groups in total. The molecule has 96 valence electrons. The maximum absolute atomic E-state index is 13.5. The van der Waals surface area contributed by atoms with Crippen molar-refractivity contribution in [2.45, 2.75) is 18.9 Å². The molecular formula is C11H12FN3O2S. The van der Waals surface area contributed by atoms with E-state index in [0.29, 0.717) is 11.4 Å². The molecule has 0 radical (unpaired) electrons. The van der Waals surface area contributed by atoms with E-state index in [1.54, 1.807) is 19.9 Å². The number of aryl methyl sites for hydroxylation is 2. The molecule has 18 heavy (non-hydrogen) atoms. The van der Waals surface area contributed by atoms with Crippen molar-refractivity contribution in [1.82, 2.24) is 9.97 Å². The number of anilines is 1. The van der Waals surface area contributed by atoms with E-state index < -0.39 is 15.8 Å². The molecular weight excluding hydrogens is 257 g/mol. The lowest BCUT2D eigenvalue weighted by Crippen LogP contribution is -2.15. The van der Waals surface area contributed by atoms with Gasteiger partial charge in [0.15, 0.2) is 5.03 Å². The molecule has 2 rings (SSSR count). The van der Waals surface area contributed by atoms with Crippen molar-refractivity contribution in [2.24, 2.45) is 0 Å². The van der Waals surface area contributed by atoms with Crippen LogP contribution in [0, 0.1) is 19.7 Å². The summed E-state index contributed by atoms with van der Waals surface area (Å²) in [5.74, 6) is -0.143. The summed E-state index contributed by atoms with van der Waals surface area (Å²) < 4.78 is 39.7.